The van der Waals surface area contributed by atoms with Gasteiger partial charge in [0.2, 0.25) is 0 Å². The van der Waals surface area contributed by atoms with Gasteiger partial charge in [0.05, 0.1) is 6.54 Å². The molecule has 0 aromatic rings. The van der Waals surface area contributed by atoms with Crippen LogP contribution in [0.1, 0.15) is 20.3 Å². The molecule has 0 saturated carbocycles. The number of nitrogens with zero attached hydrogens (tertiary/aromatic N) is 1. The number of fused-ring (bicyclic) bond motifs is 1. The van der Waals surface area contributed by atoms with Crippen molar-refractivity contribution in [2.75, 3.05) is 26.2 Å². The fourth-order valence-corrected chi connectivity index (χ4v) is 2.49. The van der Waals surface area contributed by atoms with Crippen LogP contribution >= 0.6 is 0 Å². The fourth-order valence-electron chi connectivity index (χ4n) is 2.49. The minimum atomic E-state index is 0.509. The van der Waals surface area contributed by atoms with E-state index >= 15 is 0 Å². The van der Waals surface area contributed by atoms with Gasteiger partial charge in [0.1, 0.15) is 0 Å². The number of hydrogen-bond acceptors (Lipinski definition) is 2. The molecule has 1 N–H and O–H groups in total. The smallest absolute Gasteiger partial charge is 0.0604 e. The van der Waals surface area contributed by atoms with Crippen LogP contribution in [0.15, 0.2) is 0 Å². The highest BCUT2D eigenvalue weighted by Gasteiger charge is 2.36. The molecule has 2 heteroatoms. The van der Waals surface area contributed by atoms with Gasteiger partial charge in [-0.05, 0) is 25.4 Å². The van der Waals surface area contributed by atoms with Crippen molar-refractivity contribution < 1.29 is 0 Å². The molecule has 0 aromatic carbocycles. The summed E-state index contributed by atoms with van der Waals surface area (Å²) in [5.41, 5.74) is 0. The molecule has 0 radical (unpaired) electrons. The first-order valence-electron chi connectivity index (χ1n) is 5.70. The zero-order valence-electron chi connectivity index (χ0n) is 9.21. The Kier molecular flexibility index (Phi) is 3.10. The quantitative estimate of drug-likeness (QED) is 0.622. The van der Waals surface area contributed by atoms with Crippen molar-refractivity contribution in [3.63, 3.8) is 0 Å². The predicted molar refractivity (Wildman–Crippen MR) is 59.0 cm³/mol. The Morgan fingerprint density at radius 2 is 2.29 bits per heavy atom. The van der Waals surface area contributed by atoms with Crippen LogP contribution in [0.4, 0.5) is 0 Å². The first-order valence-corrected chi connectivity index (χ1v) is 5.70. The van der Waals surface area contributed by atoms with Crippen molar-refractivity contribution in [1.82, 2.24) is 10.2 Å². The van der Waals surface area contributed by atoms with Gasteiger partial charge >= 0.3 is 0 Å². The van der Waals surface area contributed by atoms with Crippen LogP contribution in [0.3, 0.4) is 0 Å². The molecule has 2 atom stereocenters. The van der Waals surface area contributed by atoms with E-state index in [1.807, 2.05) is 0 Å². The average molecular weight is 192 g/mol. The van der Waals surface area contributed by atoms with Crippen molar-refractivity contribution >= 4 is 0 Å². The van der Waals surface area contributed by atoms with Gasteiger partial charge in [0.25, 0.3) is 0 Å². The third kappa shape index (κ3) is 2.10. The molecular weight excluding hydrogens is 172 g/mol. The lowest BCUT2D eigenvalue weighted by Gasteiger charge is -2.19. The molecule has 0 amide bonds. The molecule has 2 aliphatic heterocycles. The zero-order chi connectivity index (χ0) is 9.97. The lowest BCUT2D eigenvalue weighted by atomic mass is 10.1. The summed E-state index contributed by atoms with van der Waals surface area (Å²) < 4.78 is 0. The summed E-state index contributed by atoms with van der Waals surface area (Å²) in [4.78, 5) is 2.54. The summed E-state index contributed by atoms with van der Waals surface area (Å²) in [6.45, 7) is 8.92. The molecule has 14 heavy (non-hydrogen) atoms. The molecule has 2 rings (SSSR count). The number of hydrogen-bond donors (Lipinski definition) is 1. The predicted octanol–water partition coefficient (Wildman–Crippen LogP) is 0.939. The van der Waals surface area contributed by atoms with Crippen LogP contribution in [-0.4, -0.2) is 37.1 Å². The van der Waals surface area contributed by atoms with Crippen LogP contribution < -0.4 is 5.32 Å². The van der Waals surface area contributed by atoms with Crippen LogP contribution in [0.5, 0.6) is 0 Å². The molecule has 2 saturated heterocycles. The molecule has 2 heterocycles. The first kappa shape index (κ1) is 10.0. The highest BCUT2D eigenvalue weighted by molar-refractivity contribution is 5.06. The lowest BCUT2D eigenvalue weighted by molar-refractivity contribution is 0.283. The van der Waals surface area contributed by atoms with Crippen molar-refractivity contribution in [1.29, 1.82) is 0 Å². The zero-order valence-corrected chi connectivity index (χ0v) is 9.21. The fraction of sp³-hybridized carbons (Fsp3) is 0.833. The summed E-state index contributed by atoms with van der Waals surface area (Å²) in [5.74, 6) is 7.94. The molecular formula is C12H20N2. The second-order valence-corrected chi connectivity index (χ2v) is 4.72. The van der Waals surface area contributed by atoms with E-state index in [-0.39, 0.29) is 0 Å². The Morgan fingerprint density at radius 3 is 3.07 bits per heavy atom. The third-order valence-corrected chi connectivity index (χ3v) is 3.23. The summed E-state index contributed by atoms with van der Waals surface area (Å²) in [7, 11) is 0. The SMILES string of the molecule is CC(C)C#CCN1CCC2CNCC21. The lowest BCUT2D eigenvalue weighted by Crippen LogP contribution is -2.34. The maximum absolute atomic E-state index is 3.46. The Morgan fingerprint density at radius 1 is 1.43 bits per heavy atom. The van der Waals surface area contributed by atoms with Crippen LogP contribution in [-0.2, 0) is 0 Å². The van der Waals surface area contributed by atoms with E-state index in [1.54, 1.807) is 0 Å². The number of likely N-dealkylation sites (tertiary alicyclic amines) is 1. The van der Waals surface area contributed by atoms with Gasteiger partial charge in [0.15, 0.2) is 0 Å². The molecule has 2 aliphatic rings. The highest BCUT2D eigenvalue weighted by atomic mass is 15.2. The third-order valence-electron chi connectivity index (χ3n) is 3.23. The second kappa shape index (κ2) is 4.33. The normalized spacial score (nSPS) is 31.6. The van der Waals surface area contributed by atoms with Crippen LogP contribution in [0.25, 0.3) is 0 Å². The van der Waals surface area contributed by atoms with E-state index < -0.39 is 0 Å². The van der Waals surface area contributed by atoms with Crippen molar-refractivity contribution in [3.05, 3.63) is 0 Å². The van der Waals surface area contributed by atoms with Gasteiger partial charge in [0, 0.05) is 18.5 Å². The van der Waals surface area contributed by atoms with Crippen LogP contribution in [0.2, 0.25) is 0 Å². The Hall–Kier alpha value is -0.520. The number of nitrogens with one attached hydrogen (secondary N) is 1. The molecule has 0 aromatic heterocycles. The Balaban J connectivity index is 1.85. The maximum Gasteiger partial charge on any atom is 0.0604 e. The summed E-state index contributed by atoms with van der Waals surface area (Å²) >= 11 is 0. The number of rotatable bonds is 1. The topological polar surface area (TPSA) is 15.3 Å². The molecule has 78 valence electrons. The van der Waals surface area contributed by atoms with E-state index in [0.29, 0.717) is 5.92 Å². The van der Waals surface area contributed by atoms with Crippen molar-refractivity contribution in [3.8, 4) is 11.8 Å². The van der Waals surface area contributed by atoms with Gasteiger partial charge in [-0.15, -0.1) is 0 Å². The maximum atomic E-state index is 3.46. The first-order chi connectivity index (χ1) is 6.77. The van der Waals surface area contributed by atoms with Gasteiger partial charge in [-0.3, -0.25) is 4.90 Å². The Bertz CT molecular complexity index is 249. The minimum Gasteiger partial charge on any atom is -0.315 e. The average Bonchev–Trinajstić information content (AvgIpc) is 2.67. The summed E-state index contributed by atoms with van der Waals surface area (Å²) in [5, 5.41) is 3.46. The highest BCUT2D eigenvalue weighted by Crippen LogP contribution is 2.26. The van der Waals surface area contributed by atoms with E-state index in [4.69, 9.17) is 0 Å². The van der Waals surface area contributed by atoms with Gasteiger partial charge in [-0.2, -0.15) is 0 Å². The van der Waals surface area contributed by atoms with Gasteiger partial charge < -0.3 is 5.32 Å². The monoisotopic (exact) mass is 192 g/mol. The van der Waals surface area contributed by atoms with E-state index in [9.17, 15) is 0 Å². The van der Waals surface area contributed by atoms with Gasteiger partial charge in [-0.1, -0.05) is 25.7 Å². The van der Waals surface area contributed by atoms with Crippen LogP contribution in [0, 0.1) is 23.7 Å². The molecule has 0 bridgehead atoms. The van der Waals surface area contributed by atoms with E-state index in [2.05, 4.69) is 35.9 Å². The molecule has 0 spiro atoms. The summed E-state index contributed by atoms with van der Waals surface area (Å²) in [6, 6.07) is 0.775. The molecule has 2 nitrogen and oxygen atoms in total. The van der Waals surface area contributed by atoms with Crippen molar-refractivity contribution in [2.45, 2.75) is 26.3 Å². The molecule has 2 fully saturated rings. The molecule has 2 unspecified atom stereocenters. The minimum absolute atomic E-state index is 0.509. The second-order valence-electron chi connectivity index (χ2n) is 4.72. The largest absolute Gasteiger partial charge is 0.315 e. The standard InChI is InChI=1S/C12H20N2/c1-10(2)4-3-6-14-7-5-11-8-13-9-12(11)14/h10-13H,5-9H2,1-2H3. The van der Waals surface area contributed by atoms with E-state index in [1.165, 1.54) is 26.1 Å². The van der Waals surface area contributed by atoms with Crippen molar-refractivity contribution in [2.24, 2.45) is 11.8 Å². The molecule has 0 aliphatic carbocycles. The van der Waals surface area contributed by atoms with Gasteiger partial charge in [-0.25, -0.2) is 0 Å². The Labute approximate surface area is 87.1 Å². The summed E-state index contributed by atoms with van der Waals surface area (Å²) in [6.07, 6.45) is 1.36. The van der Waals surface area contributed by atoms with E-state index in [0.717, 1.165) is 18.5 Å².